The highest BCUT2D eigenvalue weighted by molar-refractivity contribution is 5.65. The molecule has 0 aliphatic rings. The monoisotopic (exact) mass is 241 g/mol. The van der Waals surface area contributed by atoms with Gasteiger partial charge in [-0.1, -0.05) is 0 Å². The molecular formula is C14H12FN3. The van der Waals surface area contributed by atoms with E-state index in [1.807, 2.05) is 19.1 Å². The van der Waals surface area contributed by atoms with E-state index >= 15 is 0 Å². The number of nitrogens with one attached hydrogen (secondary N) is 1. The van der Waals surface area contributed by atoms with Crippen molar-refractivity contribution in [2.24, 2.45) is 0 Å². The summed E-state index contributed by atoms with van der Waals surface area (Å²) >= 11 is 0. The Hall–Kier alpha value is -2.54. The van der Waals surface area contributed by atoms with Crippen LogP contribution in [-0.2, 0) is 0 Å². The number of halogens is 1. The van der Waals surface area contributed by atoms with Gasteiger partial charge in [-0.2, -0.15) is 5.26 Å². The van der Waals surface area contributed by atoms with Crippen LogP contribution in [0.1, 0.15) is 11.1 Å². The third kappa shape index (κ3) is 2.41. The Kier molecular flexibility index (Phi) is 3.16. The van der Waals surface area contributed by atoms with Crippen LogP contribution in [-0.4, -0.2) is 0 Å². The van der Waals surface area contributed by atoms with Gasteiger partial charge in [-0.15, -0.1) is 0 Å². The molecule has 3 nitrogen and oxygen atoms in total. The van der Waals surface area contributed by atoms with Gasteiger partial charge in [0.25, 0.3) is 0 Å². The molecular weight excluding hydrogens is 229 g/mol. The second kappa shape index (κ2) is 4.76. The van der Waals surface area contributed by atoms with Gasteiger partial charge < -0.3 is 11.1 Å². The molecule has 0 amide bonds. The molecule has 0 bridgehead atoms. The predicted molar refractivity (Wildman–Crippen MR) is 70.0 cm³/mol. The second-order valence-corrected chi connectivity index (χ2v) is 4.00. The summed E-state index contributed by atoms with van der Waals surface area (Å²) in [6.07, 6.45) is 0. The molecule has 2 aromatic carbocycles. The molecule has 90 valence electrons. The number of aryl methyl sites for hydroxylation is 1. The minimum atomic E-state index is -0.517. The normalized spacial score (nSPS) is 9.83. The number of nitrogen functional groups attached to an aromatic ring is 1. The van der Waals surface area contributed by atoms with Crippen LogP contribution < -0.4 is 11.1 Å². The van der Waals surface area contributed by atoms with Crippen molar-refractivity contribution >= 4 is 17.1 Å². The largest absolute Gasteiger partial charge is 0.399 e. The van der Waals surface area contributed by atoms with Crippen molar-refractivity contribution in [1.82, 2.24) is 0 Å². The summed E-state index contributed by atoms with van der Waals surface area (Å²) < 4.78 is 13.2. The van der Waals surface area contributed by atoms with E-state index in [4.69, 9.17) is 11.0 Å². The molecule has 0 atom stereocenters. The number of hydrogen-bond acceptors (Lipinski definition) is 3. The van der Waals surface area contributed by atoms with Gasteiger partial charge in [0.2, 0.25) is 0 Å². The third-order valence-electron chi connectivity index (χ3n) is 2.65. The molecule has 0 saturated heterocycles. The zero-order chi connectivity index (χ0) is 13.1. The van der Waals surface area contributed by atoms with E-state index in [0.717, 1.165) is 16.9 Å². The van der Waals surface area contributed by atoms with Crippen LogP contribution >= 0.6 is 0 Å². The number of nitriles is 1. The maximum absolute atomic E-state index is 13.2. The van der Waals surface area contributed by atoms with Crippen LogP contribution in [0.4, 0.5) is 21.5 Å². The molecule has 0 radical (unpaired) electrons. The molecule has 3 N–H and O–H groups in total. The van der Waals surface area contributed by atoms with Gasteiger partial charge in [0.1, 0.15) is 11.9 Å². The van der Waals surface area contributed by atoms with Crippen molar-refractivity contribution < 1.29 is 4.39 Å². The molecule has 2 rings (SSSR count). The lowest BCUT2D eigenvalue weighted by Crippen LogP contribution is -1.95. The molecule has 0 saturated carbocycles. The van der Waals surface area contributed by atoms with E-state index in [1.165, 1.54) is 12.1 Å². The first-order chi connectivity index (χ1) is 8.60. The fourth-order valence-corrected chi connectivity index (χ4v) is 1.61. The van der Waals surface area contributed by atoms with Crippen LogP contribution in [0.5, 0.6) is 0 Å². The molecule has 0 spiro atoms. The topological polar surface area (TPSA) is 61.8 Å². The molecule has 2 aromatic rings. The van der Waals surface area contributed by atoms with Gasteiger partial charge >= 0.3 is 0 Å². The number of hydrogen-bond donors (Lipinski definition) is 2. The van der Waals surface area contributed by atoms with Crippen LogP contribution in [0, 0.1) is 24.1 Å². The average Bonchev–Trinajstić information content (AvgIpc) is 2.36. The van der Waals surface area contributed by atoms with E-state index in [9.17, 15) is 4.39 Å². The Labute approximate surface area is 105 Å². The van der Waals surface area contributed by atoms with E-state index in [0.29, 0.717) is 5.69 Å². The first-order valence-electron chi connectivity index (χ1n) is 5.43. The van der Waals surface area contributed by atoms with Crippen LogP contribution in [0.2, 0.25) is 0 Å². The third-order valence-corrected chi connectivity index (χ3v) is 2.65. The Bertz CT molecular complexity index is 629. The van der Waals surface area contributed by atoms with E-state index in [-0.39, 0.29) is 5.56 Å². The summed E-state index contributed by atoms with van der Waals surface area (Å²) in [7, 11) is 0. The average molecular weight is 241 g/mol. The van der Waals surface area contributed by atoms with Gasteiger partial charge in [-0.05, 0) is 48.9 Å². The first-order valence-corrected chi connectivity index (χ1v) is 5.43. The van der Waals surface area contributed by atoms with E-state index < -0.39 is 5.82 Å². The van der Waals surface area contributed by atoms with E-state index in [2.05, 4.69) is 5.32 Å². The fourth-order valence-electron chi connectivity index (χ4n) is 1.61. The summed E-state index contributed by atoms with van der Waals surface area (Å²) in [6.45, 7) is 1.91. The lowest BCUT2D eigenvalue weighted by Gasteiger charge is -2.09. The molecule has 0 aliphatic heterocycles. The van der Waals surface area contributed by atoms with Gasteiger partial charge in [-0.3, -0.25) is 0 Å². The predicted octanol–water partition coefficient (Wildman–Crippen LogP) is 3.33. The van der Waals surface area contributed by atoms with Gasteiger partial charge in [0, 0.05) is 17.1 Å². The lowest BCUT2D eigenvalue weighted by molar-refractivity contribution is 0.624. The van der Waals surface area contributed by atoms with E-state index in [1.54, 1.807) is 18.2 Å². The molecule has 0 fully saturated rings. The number of benzene rings is 2. The van der Waals surface area contributed by atoms with Gasteiger partial charge in [-0.25, -0.2) is 4.39 Å². The first kappa shape index (κ1) is 11.9. The van der Waals surface area contributed by atoms with Crippen molar-refractivity contribution in [1.29, 1.82) is 5.26 Å². The highest BCUT2D eigenvalue weighted by Crippen LogP contribution is 2.22. The van der Waals surface area contributed by atoms with Gasteiger partial charge in [0.15, 0.2) is 0 Å². The minimum Gasteiger partial charge on any atom is -0.399 e. The summed E-state index contributed by atoms with van der Waals surface area (Å²) in [5.74, 6) is -0.517. The van der Waals surface area contributed by atoms with Gasteiger partial charge in [0.05, 0.1) is 5.56 Å². The van der Waals surface area contributed by atoms with Crippen molar-refractivity contribution in [2.45, 2.75) is 6.92 Å². The Morgan fingerprint density at radius 3 is 2.50 bits per heavy atom. The highest BCUT2D eigenvalue weighted by Gasteiger charge is 2.03. The number of nitrogens with two attached hydrogens (primary N) is 1. The number of rotatable bonds is 2. The zero-order valence-electron chi connectivity index (χ0n) is 9.87. The minimum absolute atomic E-state index is 0.0205. The lowest BCUT2D eigenvalue weighted by atomic mass is 10.1. The molecule has 0 unspecified atom stereocenters. The molecule has 0 aromatic heterocycles. The summed E-state index contributed by atoms with van der Waals surface area (Å²) in [5.41, 5.74) is 8.94. The summed E-state index contributed by atoms with van der Waals surface area (Å²) in [6, 6.07) is 11.7. The zero-order valence-corrected chi connectivity index (χ0v) is 9.87. The smallest absolute Gasteiger partial charge is 0.141 e. The molecule has 0 aliphatic carbocycles. The molecule has 18 heavy (non-hydrogen) atoms. The fraction of sp³-hybridized carbons (Fsp3) is 0.0714. The number of anilines is 3. The van der Waals surface area contributed by atoms with Crippen LogP contribution in [0.3, 0.4) is 0 Å². The summed E-state index contributed by atoms with van der Waals surface area (Å²) in [5, 5.41) is 11.9. The van der Waals surface area contributed by atoms with Crippen LogP contribution in [0.25, 0.3) is 0 Å². The van der Waals surface area contributed by atoms with Crippen molar-refractivity contribution in [2.75, 3.05) is 11.1 Å². The maximum Gasteiger partial charge on any atom is 0.141 e. The Balaban J connectivity index is 2.29. The van der Waals surface area contributed by atoms with Crippen LogP contribution in [0.15, 0.2) is 36.4 Å². The second-order valence-electron chi connectivity index (χ2n) is 4.00. The Morgan fingerprint density at radius 2 is 1.83 bits per heavy atom. The maximum atomic E-state index is 13.2. The van der Waals surface area contributed by atoms with Crippen molar-refractivity contribution in [3.63, 3.8) is 0 Å². The SMILES string of the molecule is Cc1cc(Nc2ccc(F)c(C#N)c2)ccc1N. The number of nitrogens with zero attached hydrogens (tertiary/aromatic N) is 1. The standard InChI is InChI=1S/C14H12FN3/c1-9-6-11(3-5-14(9)17)18-12-2-4-13(15)10(7-12)8-16/h2-7,18H,17H2,1H3. The molecule has 0 heterocycles. The quantitative estimate of drug-likeness (QED) is 0.793. The van der Waals surface area contributed by atoms with Crippen molar-refractivity contribution in [3.05, 3.63) is 53.3 Å². The summed E-state index contributed by atoms with van der Waals surface area (Å²) in [4.78, 5) is 0. The highest BCUT2D eigenvalue weighted by atomic mass is 19.1. The van der Waals surface area contributed by atoms with Crippen molar-refractivity contribution in [3.8, 4) is 6.07 Å². The molecule has 4 heteroatoms. The Morgan fingerprint density at radius 1 is 1.17 bits per heavy atom.